The lowest BCUT2D eigenvalue weighted by molar-refractivity contribution is 0.439. The van der Waals surface area contributed by atoms with Crippen LogP contribution >= 0.6 is 11.8 Å². The standard InChI is InChI=1S/C22H23FN4S/c1-28-22-26-20(14-4-6-17(23)7-5-14)21(27-22)16-8-9-24-19(12-16)25-18-11-13-2-3-15(18)10-13/h4-9,12-13,15,18H,2-3,10-11H2,1H3,(H,24,25)(H,26,27). The summed E-state index contributed by atoms with van der Waals surface area (Å²) in [7, 11) is 0. The molecule has 28 heavy (non-hydrogen) atoms. The number of nitrogens with one attached hydrogen (secondary N) is 2. The summed E-state index contributed by atoms with van der Waals surface area (Å²) in [6.07, 6.45) is 9.19. The van der Waals surface area contributed by atoms with Crippen LogP contribution in [-0.2, 0) is 0 Å². The zero-order valence-corrected chi connectivity index (χ0v) is 16.6. The summed E-state index contributed by atoms with van der Waals surface area (Å²) < 4.78 is 13.4. The monoisotopic (exact) mass is 394 g/mol. The van der Waals surface area contributed by atoms with Crippen LogP contribution in [0.25, 0.3) is 22.5 Å². The molecular weight excluding hydrogens is 371 g/mol. The van der Waals surface area contributed by atoms with Gasteiger partial charge in [0, 0.05) is 23.4 Å². The molecule has 2 aliphatic rings. The Morgan fingerprint density at radius 1 is 1.11 bits per heavy atom. The fourth-order valence-electron chi connectivity index (χ4n) is 4.75. The van der Waals surface area contributed by atoms with E-state index in [9.17, 15) is 4.39 Å². The molecule has 2 N–H and O–H groups in total. The summed E-state index contributed by atoms with van der Waals surface area (Å²) in [6, 6.07) is 11.1. The number of hydrogen-bond acceptors (Lipinski definition) is 4. The van der Waals surface area contributed by atoms with Gasteiger partial charge in [0.05, 0.1) is 11.4 Å². The van der Waals surface area contributed by atoms with E-state index in [4.69, 9.17) is 4.98 Å². The predicted octanol–water partition coefficient (Wildman–Crippen LogP) is 5.60. The number of H-pyrrole nitrogens is 1. The molecule has 3 aromatic rings. The van der Waals surface area contributed by atoms with E-state index < -0.39 is 0 Å². The second-order valence-electron chi connectivity index (χ2n) is 7.83. The molecule has 3 atom stereocenters. The Morgan fingerprint density at radius 2 is 1.96 bits per heavy atom. The summed E-state index contributed by atoms with van der Waals surface area (Å²) in [4.78, 5) is 12.7. The SMILES string of the molecule is CSc1nc(-c2ccnc(NC3CC4CCC3C4)c2)c(-c2ccc(F)cc2)[nH]1. The molecule has 2 bridgehead atoms. The molecule has 5 rings (SSSR count). The molecule has 2 fully saturated rings. The summed E-state index contributed by atoms with van der Waals surface area (Å²) in [6.45, 7) is 0. The molecule has 0 saturated heterocycles. The quantitative estimate of drug-likeness (QED) is 0.553. The van der Waals surface area contributed by atoms with Crippen molar-refractivity contribution < 1.29 is 4.39 Å². The van der Waals surface area contributed by atoms with Gasteiger partial charge in [-0.3, -0.25) is 0 Å². The van der Waals surface area contributed by atoms with Gasteiger partial charge in [0.25, 0.3) is 0 Å². The number of pyridine rings is 1. The summed E-state index contributed by atoms with van der Waals surface area (Å²) in [5.41, 5.74) is 3.70. The predicted molar refractivity (Wildman–Crippen MR) is 112 cm³/mol. The van der Waals surface area contributed by atoms with Gasteiger partial charge in [-0.15, -0.1) is 0 Å². The van der Waals surface area contributed by atoms with E-state index in [1.165, 1.54) is 37.8 Å². The van der Waals surface area contributed by atoms with E-state index >= 15 is 0 Å². The number of rotatable bonds is 5. The van der Waals surface area contributed by atoms with Crippen molar-refractivity contribution in [2.45, 2.75) is 36.9 Å². The lowest BCUT2D eigenvalue weighted by Crippen LogP contribution is -2.26. The van der Waals surface area contributed by atoms with Crippen LogP contribution in [0.2, 0.25) is 0 Å². The smallest absolute Gasteiger partial charge is 0.166 e. The Kier molecular flexibility index (Phi) is 4.59. The molecule has 0 radical (unpaired) electrons. The van der Waals surface area contributed by atoms with Gasteiger partial charge in [-0.05, 0) is 73.8 Å². The fraction of sp³-hybridized carbons (Fsp3) is 0.364. The van der Waals surface area contributed by atoms with E-state index in [1.807, 2.05) is 18.5 Å². The molecular formula is C22H23FN4S. The number of thioether (sulfide) groups is 1. The highest BCUT2D eigenvalue weighted by Gasteiger charge is 2.39. The van der Waals surface area contributed by atoms with Crippen LogP contribution in [0.4, 0.5) is 10.2 Å². The second-order valence-corrected chi connectivity index (χ2v) is 8.63. The minimum Gasteiger partial charge on any atom is -0.367 e. The third kappa shape index (κ3) is 3.30. The Balaban J connectivity index is 1.47. The summed E-state index contributed by atoms with van der Waals surface area (Å²) in [5, 5.41) is 4.51. The first-order chi connectivity index (χ1) is 13.7. The first-order valence-corrected chi connectivity index (χ1v) is 11.0. The number of fused-ring (bicyclic) bond motifs is 2. The van der Waals surface area contributed by atoms with E-state index in [1.54, 1.807) is 23.9 Å². The zero-order chi connectivity index (χ0) is 19.1. The van der Waals surface area contributed by atoms with Gasteiger partial charge in [-0.2, -0.15) is 0 Å². The van der Waals surface area contributed by atoms with E-state index in [-0.39, 0.29) is 5.82 Å². The lowest BCUT2D eigenvalue weighted by Gasteiger charge is -2.23. The minimum atomic E-state index is -0.240. The number of aromatic nitrogens is 3. The van der Waals surface area contributed by atoms with Crippen LogP contribution in [0.3, 0.4) is 0 Å². The highest BCUT2D eigenvalue weighted by molar-refractivity contribution is 7.98. The van der Waals surface area contributed by atoms with Crippen molar-refractivity contribution in [3.8, 4) is 22.5 Å². The minimum absolute atomic E-state index is 0.240. The maximum atomic E-state index is 13.4. The maximum Gasteiger partial charge on any atom is 0.166 e. The number of halogens is 1. The van der Waals surface area contributed by atoms with Crippen LogP contribution in [0.15, 0.2) is 47.8 Å². The zero-order valence-electron chi connectivity index (χ0n) is 15.8. The van der Waals surface area contributed by atoms with Gasteiger partial charge < -0.3 is 10.3 Å². The lowest BCUT2D eigenvalue weighted by atomic mass is 9.95. The molecule has 2 aliphatic carbocycles. The number of imidazole rings is 1. The van der Waals surface area contributed by atoms with Crippen LogP contribution in [0.1, 0.15) is 25.7 Å². The second kappa shape index (κ2) is 7.24. The van der Waals surface area contributed by atoms with Crippen LogP contribution in [-0.4, -0.2) is 27.2 Å². The highest BCUT2D eigenvalue weighted by atomic mass is 32.2. The Labute approximate surface area is 168 Å². The highest BCUT2D eigenvalue weighted by Crippen LogP contribution is 2.45. The van der Waals surface area contributed by atoms with Crippen molar-refractivity contribution in [3.05, 3.63) is 48.4 Å². The van der Waals surface area contributed by atoms with Crippen molar-refractivity contribution in [2.75, 3.05) is 11.6 Å². The molecule has 144 valence electrons. The summed E-state index contributed by atoms with van der Waals surface area (Å²) >= 11 is 1.56. The first-order valence-electron chi connectivity index (χ1n) is 9.82. The van der Waals surface area contributed by atoms with Crippen molar-refractivity contribution in [2.24, 2.45) is 11.8 Å². The fourth-order valence-corrected chi connectivity index (χ4v) is 5.14. The molecule has 0 aliphatic heterocycles. The van der Waals surface area contributed by atoms with E-state index in [0.717, 1.165) is 45.3 Å². The number of hydrogen-bond donors (Lipinski definition) is 2. The van der Waals surface area contributed by atoms with Gasteiger partial charge in [0.15, 0.2) is 5.16 Å². The Morgan fingerprint density at radius 3 is 2.68 bits per heavy atom. The molecule has 2 heterocycles. The first kappa shape index (κ1) is 17.7. The largest absolute Gasteiger partial charge is 0.367 e. The van der Waals surface area contributed by atoms with Crippen molar-refractivity contribution in [1.29, 1.82) is 0 Å². The molecule has 2 aromatic heterocycles. The van der Waals surface area contributed by atoms with Crippen LogP contribution in [0, 0.1) is 17.7 Å². The molecule has 0 amide bonds. The van der Waals surface area contributed by atoms with E-state index in [2.05, 4.69) is 21.4 Å². The van der Waals surface area contributed by atoms with Crippen molar-refractivity contribution in [3.63, 3.8) is 0 Å². The number of aromatic amines is 1. The molecule has 2 saturated carbocycles. The van der Waals surface area contributed by atoms with E-state index in [0.29, 0.717) is 6.04 Å². The number of anilines is 1. The molecule has 0 spiro atoms. The Hall–Kier alpha value is -2.34. The van der Waals surface area contributed by atoms with Crippen molar-refractivity contribution >= 4 is 17.6 Å². The Bertz CT molecular complexity index is 984. The topological polar surface area (TPSA) is 53.6 Å². The van der Waals surface area contributed by atoms with Gasteiger partial charge in [-0.25, -0.2) is 14.4 Å². The van der Waals surface area contributed by atoms with Crippen molar-refractivity contribution in [1.82, 2.24) is 15.0 Å². The molecule has 3 unspecified atom stereocenters. The van der Waals surface area contributed by atoms with Crippen LogP contribution < -0.4 is 5.32 Å². The van der Waals surface area contributed by atoms with Crippen LogP contribution in [0.5, 0.6) is 0 Å². The normalized spacial score (nSPS) is 23.3. The third-order valence-electron chi connectivity index (χ3n) is 6.11. The van der Waals surface area contributed by atoms with Gasteiger partial charge in [-0.1, -0.05) is 18.2 Å². The number of benzene rings is 1. The van der Waals surface area contributed by atoms with Gasteiger partial charge in [0.1, 0.15) is 11.6 Å². The van der Waals surface area contributed by atoms with Gasteiger partial charge >= 0.3 is 0 Å². The van der Waals surface area contributed by atoms with Gasteiger partial charge in [0.2, 0.25) is 0 Å². The third-order valence-corrected chi connectivity index (χ3v) is 6.69. The molecule has 6 heteroatoms. The molecule has 1 aromatic carbocycles. The number of nitrogens with zero attached hydrogens (tertiary/aromatic N) is 2. The average Bonchev–Trinajstić information content (AvgIpc) is 3.44. The average molecular weight is 395 g/mol. The maximum absolute atomic E-state index is 13.4. The molecule has 4 nitrogen and oxygen atoms in total. The summed E-state index contributed by atoms with van der Waals surface area (Å²) in [5.74, 6) is 2.36.